The van der Waals surface area contributed by atoms with Gasteiger partial charge < -0.3 is 23.8 Å². The van der Waals surface area contributed by atoms with Gasteiger partial charge in [-0.2, -0.15) is 5.10 Å². The van der Waals surface area contributed by atoms with Crippen molar-refractivity contribution in [2.24, 2.45) is 5.10 Å². The van der Waals surface area contributed by atoms with E-state index < -0.39 is 0 Å². The van der Waals surface area contributed by atoms with Gasteiger partial charge in [0.1, 0.15) is 11.5 Å². The summed E-state index contributed by atoms with van der Waals surface area (Å²) in [5.41, 5.74) is 2.58. The average Bonchev–Trinajstić information content (AvgIpc) is 3.38. The van der Waals surface area contributed by atoms with Crippen LogP contribution < -0.4 is 18.9 Å². The minimum atomic E-state index is -0.293. The molecule has 0 saturated carbocycles. The summed E-state index contributed by atoms with van der Waals surface area (Å²) in [6.45, 7) is 7.22. The molecule has 0 spiro atoms. The van der Waals surface area contributed by atoms with Crippen LogP contribution >= 0.6 is 0 Å². The minimum Gasteiger partial charge on any atom is -0.497 e. The molecule has 2 aromatic rings. The largest absolute Gasteiger partial charge is 0.497 e. The van der Waals surface area contributed by atoms with E-state index in [-0.39, 0.29) is 11.9 Å². The van der Waals surface area contributed by atoms with Crippen molar-refractivity contribution < 1.29 is 23.7 Å². The molecule has 4 rings (SSSR count). The molecule has 1 atom stereocenters. The molecule has 1 unspecified atom stereocenters. The summed E-state index contributed by atoms with van der Waals surface area (Å²) in [6, 6.07) is 11.1. The van der Waals surface area contributed by atoms with Gasteiger partial charge in [0.25, 0.3) is 5.91 Å². The SMILES string of the molecule is CCN1CCN(CC(=O)N2N=C(c3ccc(OC)c(OC)c3)CC2c2ccc(OC)cc2OC)CC1. The third-order valence-electron chi connectivity index (χ3n) is 6.95. The van der Waals surface area contributed by atoms with Crippen LogP contribution in [0, 0.1) is 0 Å². The van der Waals surface area contributed by atoms with E-state index in [0.717, 1.165) is 49.6 Å². The Morgan fingerprint density at radius 2 is 1.56 bits per heavy atom. The molecule has 36 heavy (non-hydrogen) atoms. The second kappa shape index (κ2) is 11.6. The Balaban J connectivity index is 1.64. The predicted octanol–water partition coefficient (Wildman–Crippen LogP) is 3.04. The third-order valence-corrected chi connectivity index (χ3v) is 6.95. The number of carbonyl (C=O) groups excluding carboxylic acids is 1. The van der Waals surface area contributed by atoms with Crippen LogP contribution in [0.5, 0.6) is 23.0 Å². The van der Waals surface area contributed by atoms with Crippen LogP contribution in [0.3, 0.4) is 0 Å². The van der Waals surface area contributed by atoms with Gasteiger partial charge in [-0.15, -0.1) is 0 Å². The van der Waals surface area contributed by atoms with Crippen LogP contribution in [0.4, 0.5) is 0 Å². The second-order valence-corrected chi connectivity index (χ2v) is 8.89. The predicted molar refractivity (Wildman–Crippen MR) is 138 cm³/mol. The quantitative estimate of drug-likeness (QED) is 0.528. The first kappa shape index (κ1) is 25.8. The maximum atomic E-state index is 13.6. The van der Waals surface area contributed by atoms with Crippen molar-refractivity contribution in [1.29, 1.82) is 0 Å². The lowest BCUT2D eigenvalue weighted by molar-refractivity contribution is -0.134. The molecule has 0 radical (unpaired) electrons. The van der Waals surface area contributed by atoms with Gasteiger partial charge in [-0.1, -0.05) is 6.92 Å². The third kappa shape index (κ3) is 5.42. The number of hydrogen-bond donors (Lipinski definition) is 0. The fourth-order valence-electron chi connectivity index (χ4n) is 4.79. The zero-order valence-corrected chi connectivity index (χ0v) is 21.8. The second-order valence-electron chi connectivity index (χ2n) is 8.89. The Bertz CT molecular complexity index is 1100. The number of hydrazone groups is 1. The number of nitrogens with zero attached hydrogens (tertiary/aromatic N) is 4. The summed E-state index contributed by atoms with van der Waals surface area (Å²) >= 11 is 0. The van der Waals surface area contributed by atoms with Gasteiger partial charge in [0.2, 0.25) is 0 Å². The van der Waals surface area contributed by atoms with Crippen molar-refractivity contribution in [3.05, 3.63) is 47.5 Å². The molecule has 1 saturated heterocycles. The van der Waals surface area contributed by atoms with Crippen molar-refractivity contribution in [3.63, 3.8) is 0 Å². The summed E-state index contributed by atoms with van der Waals surface area (Å²) in [7, 11) is 6.47. The van der Waals surface area contributed by atoms with Crippen LogP contribution in [-0.4, -0.2) is 94.1 Å². The Morgan fingerprint density at radius 1 is 0.861 bits per heavy atom. The van der Waals surface area contributed by atoms with E-state index in [1.54, 1.807) is 33.4 Å². The summed E-state index contributed by atoms with van der Waals surface area (Å²) in [5, 5.41) is 6.47. The van der Waals surface area contributed by atoms with Gasteiger partial charge in [0.05, 0.1) is 46.7 Å². The molecule has 9 heteroatoms. The Kier molecular flexibility index (Phi) is 8.32. The van der Waals surface area contributed by atoms with Crippen molar-refractivity contribution in [2.45, 2.75) is 19.4 Å². The first-order valence-electron chi connectivity index (χ1n) is 12.3. The molecule has 1 fully saturated rings. The van der Waals surface area contributed by atoms with E-state index in [4.69, 9.17) is 24.0 Å². The number of amides is 1. The molecule has 2 aliphatic heterocycles. The zero-order chi connectivity index (χ0) is 25.7. The highest BCUT2D eigenvalue weighted by atomic mass is 16.5. The fraction of sp³-hybridized carbons (Fsp3) is 0.481. The number of rotatable bonds is 9. The molecule has 0 aliphatic carbocycles. The van der Waals surface area contributed by atoms with Crippen LogP contribution in [0.1, 0.15) is 30.5 Å². The minimum absolute atomic E-state index is 0.0294. The molecule has 2 aliphatic rings. The van der Waals surface area contributed by atoms with Gasteiger partial charge in [-0.3, -0.25) is 9.69 Å². The lowest BCUT2D eigenvalue weighted by atomic mass is 9.97. The fourth-order valence-corrected chi connectivity index (χ4v) is 4.79. The standard InChI is InChI=1S/C27H36N4O5/c1-6-29-11-13-30(14-12-29)18-27(32)31-23(21-9-8-20(33-2)16-25(21)35-4)17-22(28-31)19-7-10-24(34-3)26(15-19)36-5/h7-10,15-16,23H,6,11-14,17-18H2,1-5H3. The van der Waals surface area contributed by atoms with E-state index in [0.29, 0.717) is 36.0 Å². The van der Waals surface area contributed by atoms with Crippen molar-refractivity contribution in [3.8, 4) is 23.0 Å². The number of methoxy groups -OCH3 is 4. The summed E-state index contributed by atoms with van der Waals surface area (Å²) in [6.07, 6.45) is 0.549. The number of piperazine rings is 1. The molecule has 2 heterocycles. The summed E-state index contributed by atoms with van der Waals surface area (Å²) < 4.78 is 22.0. The zero-order valence-electron chi connectivity index (χ0n) is 21.8. The highest BCUT2D eigenvalue weighted by Crippen LogP contribution is 2.40. The molecule has 2 aromatic carbocycles. The molecule has 0 aromatic heterocycles. The lowest BCUT2D eigenvalue weighted by Crippen LogP contribution is -2.49. The first-order chi connectivity index (χ1) is 17.5. The van der Waals surface area contributed by atoms with Gasteiger partial charge in [0.15, 0.2) is 11.5 Å². The Morgan fingerprint density at radius 3 is 2.19 bits per heavy atom. The molecule has 194 valence electrons. The van der Waals surface area contributed by atoms with Crippen LogP contribution in [0.15, 0.2) is 41.5 Å². The summed E-state index contributed by atoms with van der Waals surface area (Å²) in [4.78, 5) is 18.2. The van der Waals surface area contributed by atoms with E-state index in [1.807, 2.05) is 36.4 Å². The normalized spacial score (nSPS) is 18.6. The van der Waals surface area contributed by atoms with Crippen LogP contribution in [0.2, 0.25) is 0 Å². The molecular formula is C27H36N4O5. The molecule has 1 amide bonds. The van der Waals surface area contributed by atoms with Gasteiger partial charge >= 0.3 is 0 Å². The van der Waals surface area contributed by atoms with Gasteiger partial charge in [-0.05, 0) is 36.9 Å². The van der Waals surface area contributed by atoms with Crippen molar-refractivity contribution in [2.75, 3.05) is 67.7 Å². The van der Waals surface area contributed by atoms with E-state index >= 15 is 0 Å². The van der Waals surface area contributed by atoms with E-state index in [1.165, 1.54) is 0 Å². The topological polar surface area (TPSA) is 76.1 Å². The Labute approximate surface area is 213 Å². The molecule has 9 nitrogen and oxygen atoms in total. The molecular weight excluding hydrogens is 460 g/mol. The lowest BCUT2D eigenvalue weighted by Gasteiger charge is -2.34. The van der Waals surface area contributed by atoms with Gasteiger partial charge in [0, 0.05) is 49.8 Å². The number of likely N-dealkylation sites (N-methyl/N-ethyl adjacent to an activating group) is 1. The number of benzene rings is 2. The highest BCUT2D eigenvalue weighted by molar-refractivity contribution is 6.03. The smallest absolute Gasteiger partial charge is 0.257 e. The van der Waals surface area contributed by atoms with Gasteiger partial charge in [-0.25, -0.2) is 5.01 Å². The maximum absolute atomic E-state index is 13.6. The summed E-state index contributed by atoms with van der Waals surface area (Å²) in [5.74, 6) is 2.60. The number of hydrogen-bond acceptors (Lipinski definition) is 8. The van der Waals surface area contributed by atoms with Crippen LogP contribution in [-0.2, 0) is 4.79 Å². The highest BCUT2D eigenvalue weighted by Gasteiger charge is 2.36. The maximum Gasteiger partial charge on any atom is 0.257 e. The van der Waals surface area contributed by atoms with Crippen molar-refractivity contribution in [1.82, 2.24) is 14.8 Å². The number of carbonyl (C=O) groups is 1. The first-order valence-corrected chi connectivity index (χ1v) is 12.3. The monoisotopic (exact) mass is 496 g/mol. The van der Waals surface area contributed by atoms with Crippen LogP contribution in [0.25, 0.3) is 0 Å². The molecule has 0 bridgehead atoms. The number of ether oxygens (including phenoxy) is 4. The molecule has 0 N–H and O–H groups in total. The van der Waals surface area contributed by atoms with E-state index in [9.17, 15) is 4.79 Å². The Hall–Kier alpha value is -3.30. The van der Waals surface area contributed by atoms with E-state index in [2.05, 4.69) is 16.7 Å². The average molecular weight is 497 g/mol. The van der Waals surface area contributed by atoms with Crippen molar-refractivity contribution >= 4 is 11.6 Å².